The van der Waals surface area contributed by atoms with Gasteiger partial charge in [-0.25, -0.2) is 0 Å². The molecule has 0 saturated heterocycles. The second kappa shape index (κ2) is 6.02. The van der Waals surface area contributed by atoms with Crippen LogP contribution in [0.5, 0.6) is 0 Å². The third-order valence-electron chi connectivity index (χ3n) is 4.19. The summed E-state index contributed by atoms with van der Waals surface area (Å²) in [6.45, 7) is 3.83. The fourth-order valence-electron chi connectivity index (χ4n) is 2.80. The zero-order valence-electron chi connectivity index (χ0n) is 11.3. The van der Waals surface area contributed by atoms with E-state index < -0.39 is 5.54 Å². The second-order valence-electron chi connectivity index (χ2n) is 5.66. The lowest BCUT2D eigenvalue weighted by Crippen LogP contribution is -2.52. The van der Waals surface area contributed by atoms with Crippen LogP contribution in [0.25, 0.3) is 0 Å². The Morgan fingerprint density at radius 2 is 2.17 bits per heavy atom. The van der Waals surface area contributed by atoms with Crippen LogP contribution in [0.3, 0.4) is 0 Å². The van der Waals surface area contributed by atoms with Crippen molar-refractivity contribution in [1.82, 2.24) is 0 Å². The van der Waals surface area contributed by atoms with Crippen molar-refractivity contribution >= 4 is 5.97 Å². The summed E-state index contributed by atoms with van der Waals surface area (Å²) >= 11 is 0. The minimum atomic E-state index is -0.765. The predicted octanol–water partition coefficient (Wildman–Crippen LogP) is 1.86. The highest BCUT2D eigenvalue weighted by molar-refractivity contribution is 5.81. The van der Waals surface area contributed by atoms with Crippen molar-refractivity contribution in [1.29, 1.82) is 0 Å². The van der Waals surface area contributed by atoms with Crippen LogP contribution in [0.15, 0.2) is 0 Å². The number of carbonyl (C=O) groups excluding carboxylic acids is 1. The maximum atomic E-state index is 11.9. The Morgan fingerprint density at radius 3 is 2.83 bits per heavy atom. The van der Waals surface area contributed by atoms with Crippen molar-refractivity contribution in [2.45, 2.75) is 51.0 Å². The molecule has 0 bridgehead atoms. The Labute approximate surface area is 109 Å². The van der Waals surface area contributed by atoms with E-state index in [0.29, 0.717) is 6.61 Å². The lowest BCUT2D eigenvalue weighted by atomic mass is 9.86. The van der Waals surface area contributed by atoms with E-state index in [4.69, 9.17) is 15.2 Å². The summed E-state index contributed by atoms with van der Waals surface area (Å²) in [4.78, 5) is 11.9. The van der Waals surface area contributed by atoms with E-state index in [1.165, 1.54) is 12.8 Å². The maximum Gasteiger partial charge on any atom is 0.326 e. The summed E-state index contributed by atoms with van der Waals surface area (Å²) in [5.41, 5.74) is 5.49. The van der Waals surface area contributed by atoms with Gasteiger partial charge >= 0.3 is 5.97 Å². The number of hydrogen-bond donors (Lipinski definition) is 1. The number of ether oxygens (including phenoxy) is 2. The standard InChI is InChI=1S/C14H25NO3/c1-2-18-13(16)14(15)8-3-4-12(14)7-9-17-10-11-5-6-11/h11-12H,2-10,15H2,1H3. The molecule has 0 aromatic heterocycles. The van der Waals surface area contributed by atoms with Gasteiger partial charge in [-0.15, -0.1) is 0 Å². The van der Waals surface area contributed by atoms with E-state index in [9.17, 15) is 4.79 Å². The predicted molar refractivity (Wildman–Crippen MR) is 69.1 cm³/mol. The molecular formula is C14H25NO3. The van der Waals surface area contributed by atoms with Crippen LogP contribution in [0.2, 0.25) is 0 Å². The summed E-state index contributed by atoms with van der Waals surface area (Å²) in [7, 11) is 0. The van der Waals surface area contributed by atoms with Gasteiger partial charge in [-0.3, -0.25) is 4.79 Å². The molecule has 2 aliphatic carbocycles. The Morgan fingerprint density at radius 1 is 1.39 bits per heavy atom. The smallest absolute Gasteiger partial charge is 0.326 e. The highest BCUT2D eigenvalue weighted by Gasteiger charge is 2.46. The number of nitrogens with two attached hydrogens (primary N) is 1. The van der Waals surface area contributed by atoms with Gasteiger partial charge in [0.15, 0.2) is 0 Å². The van der Waals surface area contributed by atoms with Crippen LogP contribution >= 0.6 is 0 Å². The Hall–Kier alpha value is -0.610. The lowest BCUT2D eigenvalue weighted by molar-refractivity contribution is -0.151. The number of rotatable bonds is 7. The molecule has 2 aliphatic rings. The third-order valence-corrected chi connectivity index (χ3v) is 4.19. The van der Waals surface area contributed by atoms with Crippen LogP contribution in [0.1, 0.15) is 45.4 Å². The van der Waals surface area contributed by atoms with Gasteiger partial charge in [0.2, 0.25) is 0 Å². The average molecular weight is 255 g/mol. The van der Waals surface area contributed by atoms with Crippen LogP contribution in [-0.2, 0) is 14.3 Å². The van der Waals surface area contributed by atoms with Gasteiger partial charge in [-0.2, -0.15) is 0 Å². The summed E-state index contributed by atoms with van der Waals surface area (Å²) in [5.74, 6) is 0.784. The first kappa shape index (κ1) is 13.8. The van der Waals surface area contributed by atoms with Crippen molar-refractivity contribution in [2.75, 3.05) is 19.8 Å². The molecule has 4 nitrogen and oxygen atoms in total. The Kier molecular flexibility index (Phi) is 4.62. The molecule has 2 saturated carbocycles. The van der Waals surface area contributed by atoms with Gasteiger partial charge in [0.1, 0.15) is 5.54 Å². The number of carbonyl (C=O) groups is 1. The van der Waals surface area contributed by atoms with Gasteiger partial charge < -0.3 is 15.2 Å². The molecule has 2 rings (SSSR count). The van der Waals surface area contributed by atoms with Crippen LogP contribution in [-0.4, -0.2) is 31.3 Å². The van der Waals surface area contributed by atoms with E-state index in [2.05, 4.69) is 0 Å². The molecule has 0 aromatic carbocycles. The van der Waals surface area contributed by atoms with Crippen molar-refractivity contribution in [2.24, 2.45) is 17.6 Å². The Balaban J connectivity index is 1.76. The van der Waals surface area contributed by atoms with E-state index in [1.807, 2.05) is 6.92 Å². The largest absolute Gasteiger partial charge is 0.465 e. The molecule has 0 amide bonds. The van der Waals surface area contributed by atoms with Crippen LogP contribution in [0.4, 0.5) is 0 Å². The lowest BCUT2D eigenvalue weighted by Gasteiger charge is -2.28. The normalized spacial score (nSPS) is 31.6. The molecule has 2 N–H and O–H groups in total. The molecule has 18 heavy (non-hydrogen) atoms. The minimum absolute atomic E-state index is 0.218. The topological polar surface area (TPSA) is 61.5 Å². The molecule has 0 aromatic rings. The number of hydrogen-bond acceptors (Lipinski definition) is 4. The van der Waals surface area contributed by atoms with E-state index in [-0.39, 0.29) is 11.9 Å². The first-order valence-corrected chi connectivity index (χ1v) is 7.20. The molecule has 104 valence electrons. The van der Waals surface area contributed by atoms with Gasteiger partial charge in [0, 0.05) is 13.2 Å². The minimum Gasteiger partial charge on any atom is -0.465 e. The summed E-state index contributed by atoms with van der Waals surface area (Å²) < 4.78 is 10.8. The fourth-order valence-corrected chi connectivity index (χ4v) is 2.80. The van der Waals surface area contributed by atoms with Gasteiger partial charge in [0.25, 0.3) is 0 Å². The van der Waals surface area contributed by atoms with Crippen LogP contribution in [0, 0.1) is 11.8 Å². The zero-order valence-corrected chi connectivity index (χ0v) is 11.3. The monoisotopic (exact) mass is 255 g/mol. The molecule has 0 spiro atoms. The van der Waals surface area contributed by atoms with E-state index in [1.54, 1.807) is 0 Å². The first-order chi connectivity index (χ1) is 8.66. The highest BCUT2D eigenvalue weighted by atomic mass is 16.5. The van der Waals surface area contributed by atoms with Crippen molar-refractivity contribution in [3.63, 3.8) is 0 Å². The summed E-state index contributed by atoms with van der Waals surface area (Å²) in [5, 5.41) is 0. The first-order valence-electron chi connectivity index (χ1n) is 7.20. The molecule has 4 heteroatoms. The van der Waals surface area contributed by atoms with Crippen molar-refractivity contribution in [3.8, 4) is 0 Å². The highest BCUT2D eigenvalue weighted by Crippen LogP contribution is 2.37. The zero-order chi connectivity index (χ0) is 13.0. The summed E-state index contributed by atoms with van der Waals surface area (Å²) in [6.07, 6.45) is 6.28. The molecule has 0 radical (unpaired) electrons. The Bertz CT molecular complexity index is 291. The SMILES string of the molecule is CCOC(=O)C1(N)CCCC1CCOCC1CC1. The molecular weight excluding hydrogens is 230 g/mol. The fraction of sp³-hybridized carbons (Fsp3) is 0.929. The van der Waals surface area contributed by atoms with Gasteiger partial charge in [0.05, 0.1) is 6.61 Å². The maximum absolute atomic E-state index is 11.9. The quantitative estimate of drug-likeness (QED) is 0.557. The van der Waals surface area contributed by atoms with Crippen molar-refractivity contribution < 1.29 is 14.3 Å². The van der Waals surface area contributed by atoms with Crippen LogP contribution < -0.4 is 5.73 Å². The third kappa shape index (κ3) is 3.23. The number of esters is 1. The van der Waals surface area contributed by atoms with E-state index in [0.717, 1.165) is 44.8 Å². The van der Waals surface area contributed by atoms with Crippen molar-refractivity contribution in [3.05, 3.63) is 0 Å². The average Bonchev–Trinajstić information content (AvgIpc) is 3.09. The molecule has 0 heterocycles. The van der Waals surface area contributed by atoms with Gasteiger partial charge in [-0.1, -0.05) is 6.42 Å². The molecule has 2 unspecified atom stereocenters. The summed E-state index contributed by atoms with van der Waals surface area (Å²) in [6, 6.07) is 0. The second-order valence-corrected chi connectivity index (χ2v) is 5.66. The van der Waals surface area contributed by atoms with Gasteiger partial charge in [-0.05, 0) is 50.9 Å². The van der Waals surface area contributed by atoms with E-state index >= 15 is 0 Å². The molecule has 2 atom stereocenters. The molecule has 2 fully saturated rings. The molecule has 0 aliphatic heterocycles.